The molecule has 8 heteroatoms. The smallest absolute Gasteiger partial charge is 0.210 e. The molecule has 2 aromatic heterocycles. The fourth-order valence-electron chi connectivity index (χ4n) is 1.73. The molecule has 0 unspecified atom stereocenters. The summed E-state index contributed by atoms with van der Waals surface area (Å²) in [6.07, 6.45) is 1.90. The van der Waals surface area contributed by atoms with Crippen molar-refractivity contribution in [2.24, 2.45) is 0 Å². The quantitative estimate of drug-likeness (QED) is 0.714. The van der Waals surface area contributed by atoms with Crippen LogP contribution in [-0.4, -0.2) is 20.2 Å². The van der Waals surface area contributed by atoms with Crippen LogP contribution in [0.1, 0.15) is 12.6 Å². The number of nitrogens with zero attached hydrogens (tertiary/aromatic N) is 4. The zero-order chi connectivity index (χ0) is 15.4. The predicted molar refractivity (Wildman–Crippen MR) is 85.1 cm³/mol. The molecule has 112 valence electrons. The number of rotatable bonds is 5. The number of anilines is 2. The molecule has 0 aliphatic rings. The first kappa shape index (κ1) is 14.9. The molecule has 0 atom stereocenters. The first-order chi connectivity index (χ1) is 10.8. The fraction of sp³-hybridized carbons (Fsp3) is 0.143. The second-order valence-electron chi connectivity index (χ2n) is 4.26. The lowest BCUT2D eigenvalue weighted by atomic mass is 10.3. The van der Waals surface area contributed by atoms with Gasteiger partial charge in [0.2, 0.25) is 5.13 Å². The zero-order valence-corrected chi connectivity index (χ0v) is 13.3. The van der Waals surface area contributed by atoms with E-state index in [1.54, 1.807) is 0 Å². The third-order valence-electron chi connectivity index (χ3n) is 2.78. The molecule has 22 heavy (non-hydrogen) atoms. The standard InChI is InChI=1S/C14H12FN5S2/c1-2-10-11(15)12(17-8-16-10)21-14-20-19-13(22-14)18-9-6-4-3-5-7-9/h3-8H,2H2,1H3,(H,18,19). The summed E-state index contributed by atoms with van der Waals surface area (Å²) < 4.78 is 14.7. The van der Waals surface area contributed by atoms with Crippen molar-refractivity contribution in [3.63, 3.8) is 0 Å². The molecule has 0 spiro atoms. The van der Waals surface area contributed by atoms with Gasteiger partial charge in [-0.2, -0.15) is 0 Å². The molecule has 1 aromatic carbocycles. The van der Waals surface area contributed by atoms with E-state index in [0.717, 1.165) is 17.4 Å². The second-order valence-corrected chi connectivity index (χ2v) is 6.47. The van der Waals surface area contributed by atoms with Gasteiger partial charge in [-0.05, 0) is 30.3 Å². The number of halogens is 1. The van der Waals surface area contributed by atoms with E-state index in [0.29, 0.717) is 21.6 Å². The molecule has 0 aliphatic heterocycles. The van der Waals surface area contributed by atoms with E-state index in [4.69, 9.17) is 0 Å². The van der Waals surface area contributed by atoms with Gasteiger partial charge in [-0.3, -0.25) is 0 Å². The molecule has 3 rings (SSSR count). The number of hydrogen-bond donors (Lipinski definition) is 1. The van der Waals surface area contributed by atoms with Crippen molar-refractivity contribution in [2.75, 3.05) is 5.32 Å². The Labute approximate surface area is 135 Å². The number of aryl methyl sites for hydroxylation is 1. The second kappa shape index (κ2) is 6.80. The van der Waals surface area contributed by atoms with E-state index in [9.17, 15) is 4.39 Å². The number of aromatic nitrogens is 4. The molecule has 0 fully saturated rings. The minimum absolute atomic E-state index is 0.272. The number of hydrogen-bond acceptors (Lipinski definition) is 7. The first-order valence-electron chi connectivity index (χ1n) is 6.59. The Hall–Kier alpha value is -2.06. The van der Waals surface area contributed by atoms with Crippen LogP contribution >= 0.6 is 23.1 Å². The molecule has 0 radical (unpaired) electrons. The van der Waals surface area contributed by atoms with Crippen molar-refractivity contribution in [1.29, 1.82) is 0 Å². The molecule has 0 amide bonds. The molecule has 0 bridgehead atoms. The molecule has 0 aliphatic carbocycles. The van der Waals surface area contributed by atoms with Gasteiger partial charge in [0, 0.05) is 5.69 Å². The lowest BCUT2D eigenvalue weighted by molar-refractivity contribution is 0.559. The van der Waals surface area contributed by atoms with Crippen LogP contribution in [-0.2, 0) is 6.42 Å². The molecular formula is C14H12FN5S2. The number of nitrogens with one attached hydrogen (secondary N) is 1. The maximum absolute atomic E-state index is 14.1. The van der Waals surface area contributed by atoms with E-state index in [2.05, 4.69) is 25.5 Å². The lowest BCUT2D eigenvalue weighted by Crippen LogP contribution is -1.97. The maximum atomic E-state index is 14.1. The van der Waals surface area contributed by atoms with Crippen molar-refractivity contribution in [3.8, 4) is 0 Å². The number of benzene rings is 1. The summed E-state index contributed by atoms with van der Waals surface area (Å²) in [5.41, 5.74) is 1.33. The third kappa shape index (κ3) is 3.40. The highest BCUT2D eigenvalue weighted by Gasteiger charge is 2.14. The van der Waals surface area contributed by atoms with Crippen molar-refractivity contribution in [2.45, 2.75) is 22.7 Å². The molecule has 5 nitrogen and oxygen atoms in total. The molecule has 0 saturated carbocycles. The monoisotopic (exact) mass is 333 g/mol. The molecule has 0 saturated heterocycles. The van der Waals surface area contributed by atoms with Crippen LogP contribution in [0.25, 0.3) is 0 Å². The van der Waals surface area contributed by atoms with Crippen molar-refractivity contribution in [1.82, 2.24) is 20.2 Å². The van der Waals surface area contributed by atoms with Crippen LogP contribution in [0.2, 0.25) is 0 Å². The van der Waals surface area contributed by atoms with Crippen LogP contribution in [0.3, 0.4) is 0 Å². The van der Waals surface area contributed by atoms with E-state index in [1.165, 1.54) is 17.7 Å². The van der Waals surface area contributed by atoms with Gasteiger partial charge in [0.05, 0.1) is 5.69 Å². The Morgan fingerprint density at radius 3 is 2.77 bits per heavy atom. The van der Waals surface area contributed by atoms with Gasteiger partial charge < -0.3 is 5.32 Å². The molecule has 3 aromatic rings. The molecule has 2 heterocycles. The number of para-hydroxylation sites is 1. The van der Waals surface area contributed by atoms with Crippen LogP contribution in [0.15, 0.2) is 46.0 Å². The normalized spacial score (nSPS) is 10.6. The largest absolute Gasteiger partial charge is 0.330 e. The summed E-state index contributed by atoms with van der Waals surface area (Å²) in [4.78, 5) is 7.89. The molecular weight excluding hydrogens is 321 g/mol. The van der Waals surface area contributed by atoms with Gasteiger partial charge >= 0.3 is 0 Å². The predicted octanol–water partition coefficient (Wildman–Crippen LogP) is 3.92. The zero-order valence-electron chi connectivity index (χ0n) is 11.7. The van der Waals surface area contributed by atoms with Crippen molar-refractivity contribution >= 4 is 33.9 Å². The summed E-state index contributed by atoms with van der Waals surface area (Å²) in [6.45, 7) is 1.85. The van der Waals surface area contributed by atoms with Gasteiger partial charge in [0.25, 0.3) is 0 Å². The highest BCUT2D eigenvalue weighted by molar-refractivity contribution is 8.01. The van der Waals surface area contributed by atoms with Crippen molar-refractivity contribution < 1.29 is 4.39 Å². The maximum Gasteiger partial charge on any atom is 0.210 e. The highest BCUT2D eigenvalue weighted by atomic mass is 32.2. The Kier molecular flexibility index (Phi) is 4.59. The summed E-state index contributed by atoms with van der Waals surface area (Å²) in [6, 6.07) is 9.68. The van der Waals surface area contributed by atoms with Gasteiger partial charge in [0.15, 0.2) is 10.2 Å². The SMILES string of the molecule is CCc1ncnc(Sc2nnc(Nc3ccccc3)s2)c1F. The summed E-state index contributed by atoms with van der Waals surface area (Å²) >= 11 is 2.50. The minimum Gasteiger partial charge on any atom is -0.330 e. The third-order valence-corrected chi connectivity index (χ3v) is 4.65. The van der Waals surface area contributed by atoms with E-state index < -0.39 is 0 Å². The average molecular weight is 333 g/mol. The minimum atomic E-state index is -0.386. The van der Waals surface area contributed by atoms with Crippen LogP contribution in [0.4, 0.5) is 15.2 Å². The lowest BCUT2D eigenvalue weighted by Gasteiger charge is -2.02. The summed E-state index contributed by atoms with van der Waals surface area (Å²) in [5, 5.41) is 12.2. The Morgan fingerprint density at radius 1 is 1.18 bits per heavy atom. The highest BCUT2D eigenvalue weighted by Crippen LogP contribution is 2.33. The van der Waals surface area contributed by atoms with Crippen LogP contribution < -0.4 is 5.32 Å². The van der Waals surface area contributed by atoms with Crippen molar-refractivity contribution in [3.05, 3.63) is 48.2 Å². The van der Waals surface area contributed by atoms with Gasteiger partial charge in [0.1, 0.15) is 11.4 Å². The van der Waals surface area contributed by atoms with Crippen LogP contribution in [0.5, 0.6) is 0 Å². The average Bonchev–Trinajstić information content (AvgIpc) is 2.97. The summed E-state index contributed by atoms with van der Waals surface area (Å²) in [5.74, 6) is -0.386. The Bertz CT molecular complexity index is 763. The van der Waals surface area contributed by atoms with Gasteiger partial charge in [-0.15, -0.1) is 10.2 Å². The van der Waals surface area contributed by atoms with Crippen LogP contribution in [0, 0.1) is 5.82 Å². The van der Waals surface area contributed by atoms with Gasteiger partial charge in [-0.25, -0.2) is 14.4 Å². The summed E-state index contributed by atoms with van der Waals surface area (Å²) in [7, 11) is 0. The van der Waals surface area contributed by atoms with E-state index in [-0.39, 0.29) is 10.8 Å². The Balaban J connectivity index is 1.75. The van der Waals surface area contributed by atoms with E-state index in [1.807, 2.05) is 37.3 Å². The topological polar surface area (TPSA) is 63.6 Å². The first-order valence-corrected chi connectivity index (χ1v) is 8.22. The fourth-order valence-corrected chi connectivity index (χ4v) is 3.43. The van der Waals surface area contributed by atoms with Gasteiger partial charge in [-0.1, -0.05) is 36.5 Å². The Morgan fingerprint density at radius 2 is 2.00 bits per heavy atom. The van der Waals surface area contributed by atoms with E-state index >= 15 is 0 Å². The molecule has 1 N–H and O–H groups in total.